The molecule has 0 spiro atoms. The molecule has 1 heterocycles. The highest BCUT2D eigenvalue weighted by molar-refractivity contribution is 5.87. The van der Waals surface area contributed by atoms with E-state index in [1.54, 1.807) is 12.2 Å². The number of allylic oxidation sites excluding steroid dienone is 1. The fourth-order valence-corrected chi connectivity index (χ4v) is 1.18. The van der Waals surface area contributed by atoms with E-state index in [2.05, 4.69) is 13.2 Å². The fraction of sp³-hybridized carbons (Fsp3) is 0.300. The average molecular weight is 164 g/mol. The summed E-state index contributed by atoms with van der Waals surface area (Å²) in [5.74, 6) is -0.297. The molecule has 0 fully saturated rings. The normalized spacial score (nSPS) is 27.8. The Morgan fingerprint density at radius 1 is 1.67 bits per heavy atom. The maximum absolute atomic E-state index is 10.9. The van der Waals surface area contributed by atoms with Crippen LogP contribution < -0.4 is 0 Å². The lowest BCUT2D eigenvalue weighted by atomic mass is 9.95. The van der Waals surface area contributed by atoms with Crippen LogP contribution in [0.2, 0.25) is 0 Å². The van der Waals surface area contributed by atoms with Crippen LogP contribution in [0.15, 0.2) is 37.0 Å². The number of cyclic esters (lactones) is 1. The van der Waals surface area contributed by atoms with Crippen LogP contribution in [-0.4, -0.2) is 11.6 Å². The predicted molar refractivity (Wildman–Crippen MR) is 47.6 cm³/mol. The zero-order chi connectivity index (χ0) is 9.19. The SMILES string of the molecule is C=CCC1=CC(=O)OC1(C)C=C. The van der Waals surface area contributed by atoms with Crippen LogP contribution in [0.25, 0.3) is 0 Å². The van der Waals surface area contributed by atoms with Crippen molar-refractivity contribution < 1.29 is 9.53 Å². The molecule has 0 amide bonds. The fourth-order valence-electron chi connectivity index (χ4n) is 1.18. The molecule has 2 heteroatoms. The van der Waals surface area contributed by atoms with Crippen LogP contribution in [0.4, 0.5) is 0 Å². The van der Waals surface area contributed by atoms with E-state index < -0.39 is 5.60 Å². The summed E-state index contributed by atoms with van der Waals surface area (Å²) in [5.41, 5.74) is 0.295. The first kappa shape index (κ1) is 8.78. The molecule has 1 rings (SSSR count). The summed E-state index contributed by atoms with van der Waals surface area (Å²) in [6.45, 7) is 9.06. The van der Waals surface area contributed by atoms with E-state index in [9.17, 15) is 4.79 Å². The smallest absolute Gasteiger partial charge is 0.332 e. The molecule has 0 aromatic heterocycles. The average Bonchev–Trinajstić information content (AvgIpc) is 2.29. The van der Waals surface area contributed by atoms with E-state index in [1.165, 1.54) is 6.08 Å². The Morgan fingerprint density at radius 2 is 2.33 bits per heavy atom. The number of carbonyl (C=O) groups excluding carboxylic acids is 1. The summed E-state index contributed by atoms with van der Waals surface area (Å²) < 4.78 is 5.07. The largest absolute Gasteiger partial charge is 0.447 e. The highest BCUT2D eigenvalue weighted by atomic mass is 16.6. The summed E-state index contributed by atoms with van der Waals surface area (Å²) in [6, 6.07) is 0. The molecular weight excluding hydrogens is 152 g/mol. The quantitative estimate of drug-likeness (QED) is 0.471. The maximum atomic E-state index is 10.9. The number of ether oxygens (including phenoxy) is 1. The number of hydrogen-bond donors (Lipinski definition) is 0. The molecule has 1 atom stereocenters. The van der Waals surface area contributed by atoms with Gasteiger partial charge in [0.1, 0.15) is 5.60 Å². The highest BCUT2D eigenvalue weighted by Gasteiger charge is 2.34. The molecule has 1 aliphatic heterocycles. The van der Waals surface area contributed by atoms with Gasteiger partial charge in [-0.25, -0.2) is 4.79 Å². The molecule has 0 saturated heterocycles. The van der Waals surface area contributed by atoms with Crippen molar-refractivity contribution in [2.75, 3.05) is 0 Å². The molecule has 0 aromatic carbocycles. The lowest BCUT2D eigenvalue weighted by Crippen LogP contribution is -2.24. The van der Waals surface area contributed by atoms with Gasteiger partial charge in [-0.3, -0.25) is 0 Å². The van der Waals surface area contributed by atoms with Gasteiger partial charge in [-0.2, -0.15) is 0 Å². The van der Waals surface area contributed by atoms with Gasteiger partial charge in [0.05, 0.1) is 0 Å². The van der Waals surface area contributed by atoms with E-state index in [4.69, 9.17) is 4.74 Å². The summed E-state index contributed by atoms with van der Waals surface area (Å²) in [4.78, 5) is 10.9. The topological polar surface area (TPSA) is 26.3 Å². The van der Waals surface area contributed by atoms with E-state index in [1.807, 2.05) is 6.92 Å². The Balaban J connectivity index is 2.93. The van der Waals surface area contributed by atoms with Gasteiger partial charge in [-0.05, 0) is 25.0 Å². The summed E-state index contributed by atoms with van der Waals surface area (Å²) in [5, 5.41) is 0. The maximum Gasteiger partial charge on any atom is 0.332 e. The third kappa shape index (κ3) is 1.33. The lowest BCUT2D eigenvalue weighted by Gasteiger charge is -2.21. The van der Waals surface area contributed by atoms with Crippen LogP contribution in [-0.2, 0) is 9.53 Å². The third-order valence-corrected chi connectivity index (χ3v) is 2.00. The van der Waals surface area contributed by atoms with Crippen LogP contribution in [0.3, 0.4) is 0 Å². The van der Waals surface area contributed by atoms with Crippen LogP contribution in [0.5, 0.6) is 0 Å². The van der Waals surface area contributed by atoms with Crippen LogP contribution >= 0.6 is 0 Å². The minimum atomic E-state index is -0.620. The number of hydrogen-bond acceptors (Lipinski definition) is 2. The molecule has 0 aliphatic carbocycles. The second-order valence-electron chi connectivity index (χ2n) is 2.89. The van der Waals surface area contributed by atoms with Crippen molar-refractivity contribution in [2.24, 2.45) is 0 Å². The van der Waals surface area contributed by atoms with Crippen molar-refractivity contribution in [2.45, 2.75) is 18.9 Å². The minimum Gasteiger partial charge on any atom is -0.447 e. The molecule has 0 N–H and O–H groups in total. The first-order valence-electron chi connectivity index (χ1n) is 3.81. The number of esters is 1. The zero-order valence-corrected chi connectivity index (χ0v) is 7.17. The molecule has 2 nitrogen and oxygen atoms in total. The van der Waals surface area contributed by atoms with Gasteiger partial charge in [0.25, 0.3) is 0 Å². The molecular formula is C10H12O2. The summed E-state index contributed by atoms with van der Waals surface area (Å²) >= 11 is 0. The van der Waals surface area contributed by atoms with Crippen molar-refractivity contribution in [3.8, 4) is 0 Å². The molecule has 1 unspecified atom stereocenters. The Kier molecular flexibility index (Phi) is 2.18. The van der Waals surface area contributed by atoms with Gasteiger partial charge >= 0.3 is 5.97 Å². The van der Waals surface area contributed by atoms with Crippen molar-refractivity contribution in [1.82, 2.24) is 0 Å². The Morgan fingerprint density at radius 3 is 2.83 bits per heavy atom. The predicted octanol–water partition coefficient (Wildman–Crippen LogP) is 1.99. The molecule has 1 aliphatic rings. The Bertz CT molecular complexity index is 263. The number of carbonyl (C=O) groups is 1. The van der Waals surface area contributed by atoms with Gasteiger partial charge in [-0.1, -0.05) is 12.7 Å². The van der Waals surface area contributed by atoms with E-state index in [0.29, 0.717) is 6.42 Å². The van der Waals surface area contributed by atoms with Crippen LogP contribution in [0.1, 0.15) is 13.3 Å². The second kappa shape index (κ2) is 2.97. The first-order valence-corrected chi connectivity index (χ1v) is 3.81. The number of rotatable bonds is 3. The monoisotopic (exact) mass is 164 g/mol. The van der Waals surface area contributed by atoms with E-state index >= 15 is 0 Å². The second-order valence-corrected chi connectivity index (χ2v) is 2.89. The standard InChI is InChI=1S/C10H12O2/c1-4-6-8-7-9(11)12-10(8,3)5-2/h4-5,7H,1-2,6H2,3H3. The van der Waals surface area contributed by atoms with Gasteiger partial charge in [0, 0.05) is 6.08 Å². The van der Waals surface area contributed by atoms with Gasteiger partial charge in [-0.15, -0.1) is 6.58 Å². The van der Waals surface area contributed by atoms with Crippen molar-refractivity contribution in [3.63, 3.8) is 0 Å². The van der Waals surface area contributed by atoms with Crippen LogP contribution in [0, 0.1) is 0 Å². The third-order valence-electron chi connectivity index (χ3n) is 2.00. The van der Waals surface area contributed by atoms with Gasteiger partial charge in [0.2, 0.25) is 0 Å². The Labute approximate surface area is 72.2 Å². The zero-order valence-electron chi connectivity index (χ0n) is 7.17. The summed E-state index contributed by atoms with van der Waals surface area (Å²) in [6.07, 6.45) is 5.54. The van der Waals surface area contributed by atoms with E-state index in [-0.39, 0.29) is 5.97 Å². The Hall–Kier alpha value is -1.31. The molecule has 12 heavy (non-hydrogen) atoms. The van der Waals surface area contributed by atoms with E-state index in [0.717, 1.165) is 5.57 Å². The summed E-state index contributed by atoms with van der Waals surface area (Å²) in [7, 11) is 0. The van der Waals surface area contributed by atoms with Gasteiger partial charge in [0.15, 0.2) is 0 Å². The lowest BCUT2D eigenvalue weighted by molar-refractivity contribution is -0.141. The highest BCUT2D eigenvalue weighted by Crippen LogP contribution is 2.31. The first-order chi connectivity index (χ1) is 5.62. The van der Waals surface area contributed by atoms with Crippen molar-refractivity contribution >= 4 is 5.97 Å². The van der Waals surface area contributed by atoms with Crippen molar-refractivity contribution in [1.29, 1.82) is 0 Å². The molecule has 0 aromatic rings. The molecule has 0 bridgehead atoms. The van der Waals surface area contributed by atoms with Gasteiger partial charge < -0.3 is 4.74 Å². The molecule has 0 saturated carbocycles. The molecule has 64 valence electrons. The minimum absolute atomic E-state index is 0.297. The van der Waals surface area contributed by atoms with Crippen molar-refractivity contribution in [3.05, 3.63) is 37.0 Å². The molecule has 0 radical (unpaired) electrons.